The molecule has 1 aromatic rings. The SMILES string of the molecule is C[C@H](O)[C@@H](C(=O)N(C)C)c1ncc(C(N)=O)s1. The summed E-state index contributed by atoms with van der Waals surface area (Å²) in [7, 11) is 3.20. The van der Waals surface area contributed by atoms with Crippen LogP contribution in [0.5, 0.6) is 0 Å². The number of amides is 2. The smallest absolute Gasteiger partial charge is 0.260 e. The summed E-state index contributed by atoms with van der Waals surface area (Å²) in [6.45, 7) is 1.51. The zero-order valence-corrected chi connectivity index (χ0v) is 10.7. The van der Waals surface area contributed by atoms with Gasteiger partial charge in [0.25, 0.3) is 5.91 Å². The van der Waals surface area contributed by atoms with Crippen molar-refractivity contribution in [1.82, 2.24) is 9.88 Å². The van der Waals surface area contributed by atoms with Crippen LogP contribution in [-0.2, 0) is 4.79 Å². The molecule has 0 unspecified atom stereocenters. The van der Waals surface area contributed by atoms with E-state index in [1.807, 2.05) is 0 Å². The van der Waals surface area contributed by atoms with Gasteiger partial charge in [-0.3, -0.25) is 9.59 Å². The molecule has 1 heterocycles. The molecular weight excluding hydrogens is 242 g/mol. The van der Waals surface area contributed by atoms with E-state index in [0.29, 0.717) is 5.01 Å². The highest BCUT2D eigenvalue weighted by Gasteiger charge is 2.30. The van der Waals surface area contributed by atoms with E-state index in [9.17, 15) is 14.7 Å². The topological polar surface area (TPSA) is 96.5 Å². The molecule has 6 nitrogen and oxygen atoms in total. The molecule has 1 rings (SSSR count). The number of hydrogen-bond acceptors (Lipinski definition) is 5. The molecule has 0 radical (unpaired) electrons. The molecule has 0 aromatic carbocycles. The van der Waals surface area contributed by atoms with Crippen molar-refractivity contribution < 1.29 is 14.7 Å². The predicted molar refractivity (Wildman–Crippen MR) is 63.7 cm³/mol. The second-order valence-corrected chi connectivity index (χ2v) is 4.94. The zero-order valence-electron chi connectivity index (χ0n) is 9.88. The summed E-state index contributed by atoms with van der Waals surface area (Å²) < 4.78 is 0. The average molecular weight is 257 g/mol. The summed E-state index contributed by atoms with van der Waals surface area (Å²) in [6, 6.07) is 0. The van der Waals surface area contributed by atoms with Gasteiger partial charge in [0.1, 0.15) is 15.8 Å². The van der Waals surface area contributed by atoms with Crippen LogP contribution in [0, 0.1) is 0 Å². The van der Waals surface area contributed by atoms with Crippen molar-refractivity contribution in [2.24, 2.45) is 5.73 Å². The number of nitrogens with zero attached hydrogens (tertiary/aromatic N) is 2. The maximum Gasteiger partial charge on any atom is 0.260 e. The molecule has 0 saturated carbocycles. The van der Waals surface area contributed by atoms with Crippen molar-refractivity contribution in [3.63, 3.8) is 0 Å². The number of hydrogen-bond donors (Lipinski definition) is 2. The van der Waals surface area contributed by atoms with E-state index in [4.69, 9.17) is 5.73 Å². The first-order valence-electron chi connectivity index (χ1n) is 4.99. The van der Waals surface area contributed by atoms with E-state index >= 15 is 0 Å². The van der Waals surface area contributed by atoms with Gasteiger partial charge >= 0.3 is 0 Å². The number of carbonyl (C=O) groups is 2. The number of nitrogens with two attached hydrogens (primary N) is 1. The van der Waals surface area contributed by atoms with Crippen molar-refractivity contribution in [3.8, 4) is 0 Å². The van der Waals surface area contributed by atoms with Gasteiger partial charge in [-0.15, -0.1) is 11.3 Å². The molecule has 0 saturated heterocycles. The predicted octanol–water partition coefficient (Wildman–Crippen LogP) is -0.205. The van der Waals surface area contributed by atoms with E-state index in [-0.39, 0.29) is 10.8 Å². The normalized spacial score (nSPS) is 14.1. The second kappa shape index (κ2) is 5.24. The highest BCUT2D eigenvalue weighted by Crippen LogP contribution is 2.26. The summed E-state index contributed by atoms with van der Waals surface area (Å²) in [5.74, 6) is -1.61. The Labute approximate surface area is 103 Å². The number of aliphatic hydroxyl groups is 1. The molecule has 0 aliphatic rings. The quantitative estimate of drug-likeness (QED) is 0.780. The minimum atomic E-state index is -0.878. The van der Waals surface area contributed by atoms with Crippen LogP contribution in [0.3, 0.4) is 0 Å². The van der Waals surface area contributed by atoms with Crippen LogP contribution in [0.4, 0.5) is 0 Å². The zero-order chi connectivity index (χ0) is 13.2. The van der Waals surface area contributed by atoms with Crippen LogP contribution in [0.1, 0.15) is 27.5 Å². The van der Waals surface area contributed by atoms with Crippen LogP contribution in [0.25, 0.3) is 0 Å². The molecule has 0 bridgehead atoms. The molecular formula is C10H15N3O3S. The Morgan fingerprint density at radius 1 is 1.53 bits per heavy atom. The van der Waals surface area contributed by atoms with Crippen molar-refractivity contribution in [3.05, 3.63) is 16.1 Å². The van der Waals surface area contributed by atoms with Gasteiger partial charge in [-0.05, 0) is 6.92 Å². The molecule has 0 aliphatic carbocycles. The molecule has 0 spiro atoms. The summed E-state index contributed by atoms with van der Waals surface area (Å²) in [6.07, 6.45) is 0.442. The Balaban J connectivity index is 3.06. The molecule has 2 amide bonds. The number of thiazole rings is 1. The third-order valence-corrected chi connectivity index (χ3v) is 3.32. The average Bonchev–Trinajstić information content (AvgIpc) is 2.66. The maximum absolute atomic E-state index is 11.9. The largest absolute Gasteiger partial charge is 0.392 e. The fourth-order valence-electron chi connectivity index (χ4n) is 1.34. The maximum atomic E-state index is 11.9. The minimum Gasteiger partial charge on any atom is -0.392 e. The number of likely N-dealkylation sites (N-methyl/N-ethyl adjacent to an activating group) is 1. The Morgan fingerprint density at radius 3 is 2.47 bits per heavy atom. The van der Waals surface area contributed by atoms with Gasteiger partial charge < -0.3 is 15.7 Å². The molecule has 1 aromatic heterocycles. The van der Waals surface area contributed by atoms with Crippen LogP contribution < -0.4 is 5.73 Å². The van der Waals surface area contributed by atoms with Crippen molar-refractivity contribution in [2.75, 3.05) is 14.1 Å². The van der Waals surface area contributed by atoms with Gasteiger partial charge in [0, 0.05) is 14.1 Å². The molecule has 0 aliphatic heterocycles. The molecule has 3 N–H and O–H groups in total. The number of aromatic nitrogens is 1. The molecule has 0 fully saturated rings. The standard InChI is InChI=1S/C10H15N3O3S/c1-5(14)7(10(16)13(2)3)9-12-4-6(17-9)8(11)15/h4-5,7,14H,1-3H3,(H2,11,15)/t5-,7+/m0/s1. The summed E-state index contributed by atoms with van der Waals surface area (Å²) >= 11 is 1.03. The van der Waals surface area contributed by atoms with Crippen LogP contribution in [0.15, 0.2) is 6.20 Å². The fraction of sp³-hybridized carbons (Fsp3) is 0.500. The van der Waals surface area contributed by atoms with E-state index < -0.39 is 17.9 Å². The molecule has 94 valence electrons. The van der Waals surface area contributed by atoms with Crippen LogP contribution in [-0.4, -0.2) is 47.0 Å². The van der Waals surface area contributed by atoms with Gasteiger partial charge in [0.15, 0.2) is 0 Å². The van der Waals surface area contributed by atoms with E-state index in [0.717, 1.165) is 11.3 Å². The van der Waals surface area contributed by atoms with E-state index in [1.54, 1.807) is 14.1 Å². The lowest BCUT2D eigenvalue weighted by Gasteiger charge is -2.20. The highest BCUT2D eigenvalue weighted by molar-refractivity contribution is 7.13. The van der Waals surface area contributed by atoms with Gasteiger partial charge in [-0.25, -0.2) is 4.98 Å². The summed E-state index contributed by atoms with van der Waals surface area (Å²) in [5, 5.41) is 10.0. The van der Waals surface area contributed by atoms with Crippen molar-refractivity contribution in [1.29, 1.82) is 0 Å². The molecule has 7 heteroatoms. The number of aliphatic hydroxyl groups excluding tert-OH is 1. The Hall–Kier alpha value is -1.47. The van der Waals surface area contributed by atoms with Gasteiger partial charge in [0.2, 0.25) is 5.91 Å². The first-order valence-corrected chi connectivity index (χ1v) is 5.81. The minimum absolute atomic E-state index is 0.259. The highest BCUT2D eigenvalue weighted by atomic mass is 32.1. The fourth-order valence-corrected chi connectivity index (χ4v) is 2.30. The summed E-state index contributed by atoms with van der Waals surface area (Å²) in [4.78, 5) is 28.5. The molecule has 17 heavy (non-hydrogen) atoms. The summed E-state index contributed by atoms with van der Waals surface area (Å²) in [5.41, 5.74) is 5.11. The van der Waals surface area contributed by atoms with Crippen molar-refractivity contribution in [2.45, 2.75) is 18.9 Å². The Morgan fingerprint density at radius 2 is 2.12 bits per heavy atom. The van der Waals surface area contributed by atoms with Crippen molar-refractivity contribution >= 4 is 23.2 Å². The third-order valence-electron chi connectivity index (χ3n) is 2.22. The molecule has 2 atom stereocenters. The monoisotopic (exact) mass is 257 g/mol. The van der Waals surface area contributed by atoms with Crippen LogP contribution >= 0.6 is 11.3 Å². The number of rotatable bonds is 4. The lowest BCUT2D eigenvalue weighted by molar-refractivity contribution is -0.132. The van der Waals surface area contributed by atoms with Gasteiger partial charge in [-0.1, -0.05) is 0 Å². The second-order valence-electron chi connectivity index (χ2n) is 3.88. The van der Waals surface area contributed by atoms with Gasteiger partial charge in [-0.2, -0.15) is 0 Å². The number of primary amides is 1. The Kier molecular flexibility index (Phi) is 4.19. The van der Waals surface area contributed by atoms with Gasteiger partial charge in [0.05, 0.1) is 12.3 Å². The van der Waals surface area contributed by atoms with Crippen LogP contribution in [0.2, 0.25) is 0 Å². The third kappa shape index (κ3) is 3.01. The lowest BCUT2D eigenvalue weighted by atomic mass is 10.0. The Bertz CT molecular complexity index is 428. The lowest BCUT2D eigenvalue weighted by Crippen LogP contribution is -2.33. The van der Waals surface area contributed by atoms with E-state index in [1.165, 1.54) is 18.0 Å². The first kappa shape index (κ1) is 13.6. The number of carbonyl (C=O) groups excluding carboxylic acids is 2. The first-order chi connectivity index (χ1) is 7.84. The van der Waals surface area contributed by atoms with E-state index in [2.05, 4.69) is 4.98 Å².